The summed E-state index contributed by atoms with van der Waals surface area (Å²) in [5, 5.41) is 8.94. The molecule has 1 aromatic heterocycles. The SMILES string of the molecule is CCC(=O)Oc1c(OC)cccc1[C@@H]1Oc2nc(SC)nnc2-c2ccccc2N1C(=O)CC. The van der Waals surface area contributed by atoms with Crippen LogP contribution in [0.5, 0.6) is 17.4 Å². The van der Waals surface area contributed by atoms with Gasteiger partial charge in [0.2, 0.25) is 23.2 Å². The zero-order chi connectivity index (χ0) is 24.2. The van der Waals surface area contributed by atoms with Crippen LogP contribution in [0, 0.1) is 0 Å². The van der Waals surface area contributed by atoms with E-state index in [1.54, 1.807) is 32.0 Å². The predicted molar refractivity (Wildman–Crippen MR) is 127 cm³/mol. The first-order valence-electron chi connectivity index (χ1n) is 10.8. The van der Waals surface area contributed by atoms with Gasteiger partial charge in [-0.2, -0.15) is 4.98 Å². The first-order chi connectivity index (χ1) is 16.5. The summed E-state index contributed by atoms with van der Waals surface area (Å²) in [5.41, 5.74) is 2.10. The molecule has 0 saturated carbocycles. The van der Waals surface area contributed by atoms with Crippen molar-refractivity contribution < 1.29 is 23.8 Å². The molecule has 1 aliphatic heterocycles. The van der Waals surface area contributed by atoms with Gasteiger partial charge in [-0.15, -0.1) is 10.2 Å². The van der Waals surface area contributed by atoms with E-state index in [2.05, 4.69) is 15.2 Å². The Bertz CT molecular complexity index is 1240. The van der Waals surface area contributed by atoms with Gasteiger partial charge in [0.1, 0.15) is 0 Å². The van der Waals surface area contributed by atoms with E-state index in [-0.39, 0.29) is 30.4 Å². The molecule has 0 radical (unpaired) electrons. The minimum Gasteiger partial charge on any atom is -0.493 e. The fraction of sp³-hybridized carbons (Fsp3) is 0.292. The van der Waals surface area contributed by atoms with Crippen molar-refractivity contribution in [3.63, 3.8) is 0 Å². The van der Waals surface area contributed by atoms with Crippen LogP contribution < -0.4 is 19.1 Å². The van der Waals surface area contributed by atoms with E-state index >= 15 is 0 Å². The average molecular weight is 481 g/mol. The molecule has 0 fully saturated rings. The van der Waals surface area contributed by atoms with Crippen molar-refractivity contribution in [2.75, 3.05) is 18.3 Å². The van der Waals surface area contributed by atoms with Crippen molar-refractivity contribution in [3.8, 4) is 28.6 Å². The van der Waals surface area contributed by atoms with Gasteiger partial charge in [0.15, 0.2) is 17.2 Å². The molecule has 4 rings (SSSR count). The van der Waals surface area contributed by atoms with E-state index in [1.807, 2.05) is 30.5 Å². The standard InChI is InChI=1S/C24H24N4O5S/c1-5-18(29)28-16-12-8-7-10-14(16)20-22(25-24(34-4)27-26-20)33-23(28)15-11-9-13-17(31-3)21(15)32-19(30)6-2/h7-13,23H,5-6H2,1-4H3/t23-/m0/s1. The third-order valence-electron chi connectivity index (χ3n) is 5.27. The summed E-state index contributed by atoms with van der Waals surface area (Å²) in [5.74, 6) is 0.110. The van der Waals surface area contributed by atoms with Gasteiger partial charge in [0, 0.05) is 18.4 Å². The van der Waals surface area contributed by atoms with Crippen molar-refractivity contribution in [1.82, 2.24) is 15.2 Å². The van der Waals surface area contributed by atoms with Gasteiger partial charge in [-0.1, -0.05) is 49.9 Å². The molecule has 2 heterocycles. The summed E-state index contributed by atoms with van der Waals surface area (Å²) >= 11 is 1.32. The highest BCUT2D eigenvalue weighted by atomic mass is 32.2. The maximum absolute atomic E-state index is 13.3. The van der Waals surface area contributed by atoms with Crippen LogP contribution in [-0.2, 0) is 9.59 Å². The van der Waals surface area contributed by atoms with Gasteiger partial charge in [-0.05, 0) is 24.5 Å². The largest absolute Gasteiger partial charge is 0.493 e. The quantitative estimate of drug-likeness (QED) is 0.288. The lowest BCUT2D eigenvalue weighted by molar-refractivity contribution is -0.134. The van der Waals surface area contributed by atoms with Crippen LogP contribution in [0.25, 0.3) is 11.3 Å². The number of hydrogen-bond acceptors (Lipinski definition) is 9. The molecule has 1 amide bonds. The molecule has 176 valence electrons. The van der Waals surface area contributed by atoms with Crippen LogP contribution in [0.1, 0.15) is 38.5 Å². The number of nitrogens with zero attached hydrogens (tertiary/aromatic N) is 4. The van der Waals surface area contributed by atoms with Crippen LogP contribution in [0.2, 0.25) is 0 Å². The number of ether oxygens (including phenoxy) is 3. The van der Waals surface area contributed by atoms with Gasteiger partial charge >= 0.3 is 5.97 Å². The lowest BCUT2D eigenvalue weighted by Crippen LogP contribution is -2.37. The molecule has 0 spiro atoms. The van der Waals surface area contributed by atoms with Gasteiger partial charge in [0.25, 0.3) is 0 Å². The molecular weight excluding hydrogens is 456 g/mol. The van der Waals surface area contributed by atoms with Crippen LogP contribution in [0.4, 0.5) is 5.69 Å². The number of esters is 1. The minimum atomic E-state index is -1.00. The van der Waals surface area contributed by atoms with Crippen LogP contribution in [-0.4, -0.2) is 40.4 Å². The zero-order valence-corrected chi connectivity index (χ0v) is 20.1. The first kappa shape index (κ1) is 23.5. The van der Waals surface area contributed by atoms with Crippen LogP contribution >= 0.6 is 11.8 Å². The Hall–Kier alpha value is -3.66. The Labute approximate surface area is 201 Å². The average Bonchev–Trinajstić information content (AvgIpc) is 3.02. The van der Waals surface area contributed by atoms with E-state index in [0.717, 1.165) is 0 Å². The third-order valence-corrected chi connectivity index (χ3v) is 5.80. The molecule has 0 saturated heterocycles. The Morgan fingerprint density at radius 2 is 1.88 bits per heavy atom. The Morgan fingerprint density at radius 3 is 2.59 bits per heavy atom. The van der Waals surface area contributed by atoms with E-state index < -0.39 is 12.2 Å². The topological polar surface area (TPSA) is 104 Å². The molecule has 0 bridgehead atoms. The number of anilines is 1. The van der Waals surface area contributed by atoms with E-state index in [0.29, 0.717) is 33.4 Å². The zero-order valence-electron chi connectivity index (χ0n) is 19.3. The number of benzene rings is 2. The number of carbonyl (C=O) groups is 2. The van der Waals surface area contributed by atoms with Gasteiger partial charge in [-0.3, -0.25) is 14.5 Å². The number of carbonyl (C=O) groups excluding carboxylic acids is 2. The molecule has 3 aromatic rings. The molecular formula is C24H24N4O5S. The number of rotatable bonds is 6. The van der Waals surface area contributed by atoms with Crippen molar-refractivity contribution in [1.29, 1.82) is 0 Å². The van der Waals surface area contributed by atoms with Gasteiger partial charge in [0.05, 0.1) is 18.4 Å². The number of aromatic nitrogens is 3. The molecule has 0 unspecified atom stereocenters. The molecule has 10 heteroatoms. The number of thioether (sulfide) groups is 1. The maximum Gasteiger partial charge on any atom is 0.311 e. The number of para-hydroxylation sites is 2. The smallest absolute Gasteiger partial charge is 0.311 e. The maximum atomic E-state index is 13.3. The molecule has 9 nitrogen and oxygen atoms in total. The highest BCUT2D eigenvalue weighted by Gasteiger charge is 2.37. The van der Waals surface area contributed by atoms with Gasteiger partial charge in [-0.25, -0.2) is 0 Å². The summed E-state index contributed by atoms with van der Waals surface area (Å²) in [6, 6.07) is 12.5. The number of hydrogen-bond donors (Lipinski definition) is 0. The van der Waals surface area contributed by atoms with Crippen molar-refractivity contribution in [2.24, 2.45) is 0 Å². The second-order valence-electron chi connectivity index (χ2n) is 7.26. The summed E-state index contributed by atoms with van der Waals surface area (Å²) < 4.78 is 17.5. The fourth-order valence-electron chi connectivity index (χ4n) is 3.63. The molecule has 34 heavy (non-hydrogen) atoms. The number of methoxy groups -OCH3 is 1. The molecule has 1 aliphatic rings. The van der Waals surface area contributed by atoms with E-state index in [1.165, 1.54) is 23.8 Å². The van der Waals surface area contributed by atoms with E-state index in [4.69, 9.17) is 14.2 Å². The van der Waals surface area contributed by atoms with Crippen LogP contribution in [0.15, 0.2) is 47.6 Å². The van der Waals surface area contributed by atoms with Crippen molar-refractivity contribution in [3.05, 3.63) is 48.0 Å². The molecule has 2 aromatic carbocycles. The number of amides is 1. The molecule has 0 N–H and O–H groups in total. The Morgan fingerprint density at radius 1 is 1.09 bits per heavy atom. The van der Waals surface area contributed by atoms with Crippen molar-refractivity contribution >= 4 is 29.3 Å². The molecule has 1 atom stereocenters. The predicted octanol–water partition coefficient (Wildman–Crippen LogP) is 4.42. The minimum absolute atomic E-state index is 0.167. The monoisotopic (exact) mass is 480 g/mol. The highest BCUT2D eigenvalue weighted by molar-refractivity contribution is 7.98. The summed E-state index contributed by atoms with van der Waals surface area (Å²) in [6.45, 7) is 3.47. The summed E-state index contributed by atoms with van der Waals surface area (Å²) in [6.07, 6.45) is 1.22. The summed E-state index contributed by atoms with van der Waals surface area (Å²) in [7, 11) is 1.48. The normalized spacial score (nSPS) is 14.4. The second kappa shape index (κ2) is 10.1. The third kappa shape index (κ3) is 4.28. The molecule has 0 aliphatic carbocycles. The fourth-order valence-corrected chi connectivity index (χ4v) is 3.92. The lowest BCUT2D eigenvalue weighted by Gasteiger charge is -2.31. The lowest BCUT2D eigenvalue weighted by atomic mass is 10.1. The highest BCUT2D eigenvalue weighted by Crippen LogP contribution is 2.46. The first-order valence-corrected chi connectivity index (χ1v) is 12.0. The summed E-state index contributed by atoms with van der Waals surface area (Å²) in [4.78, 5) is 31.7. The Balaban J connectivity index is 2.00. The van der Waals surface area contributed by atoms with Crippen LogP contribution in [0.3, 0.4) is 0 Å². The Kier molecular flexibility index (Phi) is 6.97. The van der Waals surface area contributed by atoms with E-state index in [9.17, 15) is 9.59 Å². The number of fused-ring (bicyclic) bond motifs is 3. The second-order valence-corrected chi connectivity index (χ2v) is 8.04. The van der Waals surface area contributed by atoms with Gasteiger partial charge < -0.3 is 14.2 Å². The van der Waals surface area contributed by atoms with Crippen molar-refractivity contribution in [2.45, 2.75) is 38.1 Å².